The molecule has 1 fully saturated rings. The molecule has 0 radical (unpaired) electrons. The van der Waals surface area contributed by atoms with Gasteiger partial charge in [0, 0.05) is 0 Å². The average Bonchev–Trinajstić information content (AvgIpc) is 2.99. The molecule has 0 bridgehead atoms. The lowest BCUT2D eigenvalue weighted by molar-refractivity contribution is -0.705. The van der Waals surface area contributed by atoms with Gasteiger partial charge in [-0.25, -0.2) is 0 Å². The molecule has 2 heterocycles. The zero-order valence-corrected chi connectivity index (χ0v) is 15.2. The summed E-state index contributed by atoms with van der Waals surface area (Å²) in [5.41, 5.74) is -0.826. The maximum Gasteiger partial charge on any atom is 0.461 e. The van der Waals surface area contributed by atoms with E-state index in [0.717, 1.165) is 23.7 Å². The summed E-state index contributed by atoms with van der Waals surface area (Å²) in [4.78, 5) is 12.3. The van der Waals surface area contributed by atoms with Gasteiger partial charge in [-0.1, -0.05) is 24.6 Å². The van der Waals surface area contributed by atoms with E-state index >= 15 is 0 Å². The highest BCUT2D eigenvalue weighted by Gasteiger charge is 2.65. The minimum absolute atomic E-state index is 0.230. The van der Waals surface area contributed by atoms with Crippen molar-refractivity contribution in [2.24, 2.45) is 0 Å². The predicted octanol–water partition coefficient (Wildman–Crippen LogP) is 4.97. The van der Waals surface area contributed by atoms with E-state index in [1.807, 2.05) is 0 Å². The molecule has 9 heteroatoms. The number of ketones is 1. The molecule has 1 saturated carbocycles. The highest BCUT2D eigenvalue weighted by molar-refractivity contribution is 6.04. The summed E-state index contributed by atoms with van der Waals surface area (Å²) in [6, 6.07) is 8.11. The van der Waals surface area contributed by atoms with Gasteiger partial charge in [0.25, 0.3) is 17.1 Å². The number of rotatable bonds is 3. The maximum absolute atomic E-state index is 13.9. The van der Waals surface area contributed by atoms with Gasteiger partial charge in [0.05, 0.1) is 11.6 Å². The van der Waals surface area contributed by atoms with Crippen LogP contribution in [0.25, 0.3) is 16.4 Å². The van der Waals surface area contributed by atoms with Gasteiger partial charge in [-0.2, -0.15) is 30.9 Å². The molecule has 0 amide bonds. The van der Waals surface area contributed by atoms with Crippen molar-refractivity contribution in [3.8, 4) is 5.88 Å². The molecular weight excluding hydrogens is 395 g/mol. The summed E-state index contributed by atoms with van der Waals surface area (Å²) < 4.78 is 68.6. The van der Waals surface area contributed by atoms with Crippen LogP contribution in [0.5, 0.6) is 5.88 Å². The molecule has 0 unspecified atom stereocenters. The Morgan fingerprint density at radius 1 is 1.03 bits per heavy atom. The van der Waals surface area contributed by atoms with Crippen molar-refractivity contribution in [2.45, 2.75) is 50.2 Å². The lowest BCUT2D eigenvalue weighted by Gasteiger charge is -2.19. The van der Waals surface area contributed by atoms with E-state index in [4.69, 9.17) is 0 Å². The third-order valence-corrected chi connectivity index (χ3v) is 5.54. The number of hydrogen-bond acceptors (Lipinski definition) is 2. The van der Waals surface area contributed by atoms with Crippen molar-refractivity contribution in [3.05, 3.63) is 42.2 Å². The highest BCUT2D eigenvalue weighted by Crippen LogP contribution is 2.40. The van der Waals surface area contributed by atoms with E-state index in [1.165, 1.54) is 16.8 Å². The molecule has 1 aliphatic rings. The van der Waals surface area contributed by atoms with Gasteiger partial charge in [0.15, 0.2) is 0 Å². The van der Waals surface area contributed by atoms with Gasteiger partial charge in [0.2, 0.25) is 0 Å². The quantitative estimate of drug-likeness (QED) is 0.374. The van der Waals surface area contributed by atoms with Crippen LogP contribution in [0.4, 0.5) is 22.0 Å². The van der Waals surface area contributed by atoms with Crippen LogP contribution < -0.4 is 4.57 Å². The van der Waals surface area contributed by atoms with Crippen molar-refractivity contribution in [3.63, 3.8) is 0 Å². The molecule has 0 spiro atoms. The first-order valence-corrected chi connectivity index (χ1v) is 9.30. The maximum atomic E-state index is 13.9. The topological polar surface area (TPSA) is 45.6 Å². The van der Waals surface area contributed by atoms with E-state index in [-0.39, 0.29) is 11.7 Å². The van der Waals surface area contributed by atoms with Gasteiger partial charge in [-0.15, -0.1) is 0 Å². The Hall–Kier alpha value is -2.71. The largest absolute Gasteiger partial charge is 0.475 e. The SMILES string of the molecule is O=C(c1c(O)[n+](C2CCCCC2)c2c3ccccc3ccn12)C(F)(F)C(F)(F)F. The number of carbonyl (C=O) groups is 1. The Balaban J connectivity index is 2.05. The summed E-state index contributed by atoms with van der Waals surface area (Å²) in [5.74, 6) is -8.95. The zero-order chi connectivity index (χ0) is 21.0. The third-order valence-electron chi connectivity index (χ3n) is 5.54. The molecule has 0 aliphatic heterocycles. The number of pyridine rings is 1. The fourth-order valence-electron chi connectivity index (χ4n) is 4.12. The summed E-state index contributed by atoms with van der Waals surface area (Å²) in [5, 5.41) is 12.0. The summed E-state index contributed by atoms with van der Waals surface area (Å²) in [6.45, 7) is 0. The first kappa shape index (κ1) is 19.6. The molecule has 4 nitrogen and oxygen atoms in total. The minimum Gasteiger partial charge on any atom is -0.475 e. The van der Waals surface area contributed by atoms with Crippen molar-refractivity contribution in [1.82, 2.24) is 4.40 Å². The van der Waals surface area contributed by atoms with Crippen molar-refractivity contribution >= 4 is 22.2 Å². The normalized spacial score (nSPS) is 16.6. The molecule has 2 aromatic heterocycles. The van der Waals surface area contributed by atoms with Crippen molar-refractivity contribution < 1.29 is 36.4 Å². The lowest BCUT2D eigenvalue weighted by atomic mass is 9.95. The van der Waals surface area contributed by atoms with Crippen LogP contribution in [0, 0.1) is 0 Å². The fourth-order valence-corrected chi connectivity index (χ4v) is 4.12. The number of aromatic hydroxyl groups is 1. The summed E-state index contributed by atoms with van der Waals surface area (Å²) in [7, 11) is 0. The number of nitrogens with zero attached hydrogens (tertiary/aromatic N) is 2. The molecule has 4 rings (SSSR count). The Kier molecular flexibility index (Phi) is 4.51. The van der Waals surface area contributed by atoms with E-state index in [1.54, 1.807) is 24.3 Å². The van der Waals surface area contributed by atoms with E-state index in [0.29, 0.717) is 23.6 Å². The fraction of sp³-hybridized carbons (Fsp3) is 0.400. The second kappa shape index (κ2) is 6.67. The van der Waals surface area contributed by atoms with Gasteiger partial charge < -0.3 is 5.11 Å². The highest BCUT2D eigenvalue weighted by atomic mass is 19.4. The van der Waals surface area contributed by atoms with Crippen LogP contribution in [0.15, 0.2) is 36.5 Å². The first-order chi connectivity index (χ1) is 13.6. The lowest BCUT2D eigenvalue weighted by Crippen LogP contribution is -2.45. The third kappa shape index (κ3) is 2.94. The Labute approximate surface area is 162 Å². The zero-order valence-electron chi connectivity index (χ0n) is 15.2. The van der Waals surface area contributed by atoms with Crippen LogP contribution >= 0.6 is 0 Å². The number of carbonyl (C=O) groups excluding carboxylic acids is 1. The molecule has 3 aromatic rings. The van der Waals surface area contributed by atoms with E-state index in [2.05, 4.69) is 0 Å². The van der Waals surface area contributed by atoms with Gasteiger partial charge >= 0.3 is 18.0 Å². The smallest absolute Gasteiger partial charge is 0.461 e. The summed E-state index contributed by atoms with van der Waals surface area (Å²) >= 11 is 0. The molecule has 154 valence electrons. The van der Waals surface area contributed by atoms with Gasteiger partial charge in [-0.05, 0) is 43.2 Å². The minimum atomic E-state index is -6.06. The number of halogens is 5. The van der Waals surface area contributed by atoms with Gasteiger partial charge in [-0.3, -0.25) is 4.79 Å². The Morgan fingerprint density at radius 2 is 1.69 bits per heavy atom. The number of Topliss-reactive ketones (excluding diaryl/α,β-unsaturated/α-hetero) is 1. The molecule has 1 N–H and O–H groups in total. The first-order valence-electron chi connectivity index (χ1n) is 9.30. The number of hydrogen-bond donors (Lipinski definition) is 1. The summed E-state index contributed by atoms with van der Waals surface area (Å²) in [6.07, 6.45) is -0.914. The standard InChI is InChI=1S/C20H17F5N2O2/c21-19(22,20(23,24)25)16(28)15-18(29)27(13-7-2-1-3-8-13)17-14-9-5-4-6-12(14)10-11-26(15)17/h4-6,9-11,13H,1-3,7-8H2/p+1. The number of benzene rings is 1. The molecular formula is C20H18F5N2O2+. The van der Waals surface area contributed by atoms with E-state index < -0.39 is 29.5 Å². The number of fused-ring (bicyclic) bond motifs is 3. The van der Waals surface area contributed by atoms with Crippen LogP contribution in [0.2, 0.25) is 0 Å². The van der Waals surface area contributed by atoms with Crippen LogP contribution in [0.1, 0.15) is 48.6 Å². The molecule has 0 atom stereocenters. The van der Waals surface area contributed by atoms with Crippen LogP contribution in [-0.4, -0.2) is 27.4 Å². The predicted molar refractivity (Wildman–Crippen MR) is 94.2 cm³/mol. The van der Waals surface area contributed by atoms with Crippen LogP contribution in [-0.2, 0) is 0 Å². The van der Waals surface area contributed by atoms with Crippen molar-refractivity contribution in [2.75, 3.05) is 0 Å². The molecule has 29 heavy (non-hydrogen) atoms. The second-order valence-electron chi connectivity index (χ2n) is 7.33. The molecule has 0 saturated heterocycles. The Morgan fingerprint density at radius 3 is 2.34 bits per heavy atom. The number of alkyl halides is 5. The van der Waals surface area contributed by atoms with E-state index in [9.17, 15) is 31.9 Å². The number of aromatic nitrogens is 2. The molecule has 1 aromatic carbocycles. The average molecular weight is 413 g/mol. The molecule has 1 aliphatic carbocycles. The van der Waals surface area contributed by atoms with Crippen molar-refractivity contribution in [1.29, 1.82) is 0 Å². The van der Waals surface area contributed by atoms with Crippen LogP contribution in [0.3, 0.4) is 0 Å². The monoisotopic (exact) mass is 413 g/mol. The Bertz CT molecular complexity index is 1100. The second-order valence-corrected chi connectivity index (χ2v) is 7.33. The number of imidazole rings is 1. The van der Waals surface area contributed by atoms with Gasteiger partial charge in [0.1, 0.15) is 6.04 Å².